The number of nitrogens with zero attached hydrogens (tertiary/aromatic N) is 2. The zero-order valence-electron chi connectivity index (χ0n) is 10.8. The number of carbonyl (C=O) groups excluding carboxylic acids is 1. The zero-order valence-corrected chi connectivity index (χ0v) is 11.5. The quantitative estimate of drug-likeness (QED) is 0.662. The minimum absolute atomic E-state index is 0.284. The molecular weight excluding hydrogens is 280 g/mol. The Morgan fingerprint density at radius 2 is 2.30 bits per heavy atom. The van der Waals surface area contributed by atoms with Crippen LogP contribution in [0.15, 0.2) is 30.7 Å². The van der Waals surface area contributed by atoms with Crippen LogP contribution in [0.5, 0.6) is 0 Å². The Morgan fingerprint density at radius 1 is 1.50 bits per heavy atom. The van der Waals surface area contributed by atoms with E-state index in [2.05, 4.69) is 15.3 Å². The number of hydrogen-bond donors (Lipinski definition) is 2. The third kappa shape index (κ3) is 3.16. The van der Waals surface area contributed by atoms with Crippen molar-refractivity contribution in [2.45, 2.75) is 6.54 Å². The van der Waals surface area contributed by atoms with Crippen molar-refractivity contribution in [3.05, 3.63) is 47.0 Å². The van der Waals surface area contributed by atoms with Crippen molar-refractivity contribution in [1.82, 2.24) is 9.97 Å². The molecule has 2 rings (SSSR count). The van der Waals surface area contributed by atoms with Crippen molar-refractivity contribution < 1.29 is 9.53 Å². The van der Waals surface area contributed by atoms with Gasteiger partial charge in [-0.05, 0) is 18.2 Å². The first-order chi connectivity index (χ1) is 9.61. The molecule has 0 atom stereocenters. The summed E-state index contributed by atoms with van der Waals surface area (Å²) in [5.41, 5.74) is 7.59. The Bertz CT molecular complexity index is 619. The number of aromatic nitrogens is 2. The molecule has 7 heteroatoms. The summed E-state index contributed by atoms with van der Waals surface area (Å²) in [5.74, 6) is -0.510. The number of ether oxygens (including phenoxy) is 1. The molecule has 0 saturated carbocycles. The largest absolute Gasteiger partial charge is 0.465 e. The van der Waals surface area contributed by atoms with Crippen LogP contribution in [0.4, 0.5) is 11.4 Å². The van der Waals surface area contributed by atoms with Gasteiger partial charge in [-0.1, -0.05) is 11.6 Å². The van der Waals surface area contributed by atoms with Crippen LogP contribution in [0.25, 0.3) is 0 Å². The lowest BCUT2D eigenvalue weighted by Crippen LogP contribution is -2.10. The molecule has 0 spiro atoms. The lowest BCUT2D eigenvalue weighted by Gasteiger charge is -2.13. The minimum atomic E-state index is -0.510. The van der Waals surface area contributed by atoms with E-state index >= 15 is 0 Å². The second-order valence-electron chi connectivity index (χ2n) is 3.97. The number of nitrogens with two attached hydrogens (primary N) is 1. The van der Waals surface area contributed by atoms with Gasteiger partial charge in [0.1, 0.15) is 6.33 Å². The maximum Gasteiger partial charge on any atom is 0.340 e. The Balaban J connectivity index is 2.28. The number of benzene rings is 1. The van der Waals surface area contributed by atoms with Gasteiger partial charge in [0.25, 0.3) is 0 Å². The number of carbonyl (C=O) groups is 1. The molecule has 0 bridgehead atoms. The van der Waals surface area contributed by atoms with Crippen LogP contribution in [0.3, 0.4) is 0 Å². The second kappa shape index (κ2) is 6.21. The molecule has 6 nitrogen and oxygen atoms in total. The molecule has 0 fully saturated rings. The third-order valence-corrected chi connectivity index (χ3v) is 2.91. The molecule has 0 amide bonds. The van der Waals surface area contributed by atoms with Crippen LogP contribution in [-0.2, 0) is 11.3 Å². The topological polar surface area (TPSA) is 90.1 Å². The van der Waals surface area contributed by atoms with Gasteiger partial charge in [0.2, 0.25) is 0 Å². The Morgan fingerprint density at radius 3 is 2.95 bits per heavy atom. The average Bonchev–Trinajstić information content (AvgIpc) is 2.46. The van der Waals surface area contributed by atoms with E-state index in [0.717, 1.165) is 5.69 Å². The SMILES string of the molecule is COC(=O)c1cc(N)cc(Cl)c1NCc1ccncn1. The summed E-state index contributed by atoms with van der Waals surface area (Å²) < 4.78 is 4.72. The van der Waals surface area contributed by atoms with Crippen LogP contribution in [0.1, 0.15) is 16.1 Å². The minimum Gasteiger partial charge on any atom is -0.465 e. The van der Waals surface area contributed by atoms with Crippen molar-refractivity contribution in [2.75, 3.05) is 18.2 Å². The molecule has 0 unspecified atom stereocenters. The number of halogens is 1. The highest BCUT2D eigenvalue weighted by Gasteiger charge is 2.16. The molecule has 1 aromatic carbocycles. The van der Waals surface area contributed by atoms with Crippen molar-refractivity contribution in [1.29, 1.82) is 0 Å². The molecule has 3 N–H and O–H groups in total. The van der Waals surface area contributed by atoms with Crippen LogP contribution < -0.4 is 11.1 Å². The summed E-state index contributed by atoms with van der Waals surface area (Å²) in [5, 5.41) is 3.41. The number of methoxy groups -OCH3 is 1. The molecule has 104 valence electrons. The van der Waals surface area contributed by atoms with E-state index in [0.29, 0.717) is 22.9 Å². The Labute approximate surface area is 120 Å². The van der Waals surface area contributed by atoms with Crippen molar-refractivity contribution >= 4 is 28.9 Å². The van der Waals surface area contributed by atoms with E-state index in [1.54, 1.807) is 18.3 Å². The molecule has 0 saturated heterocycles. The van der Waals surface area contributed by atoms with E-state index < -0.39 is 5.97 Å². The van der Waals surface area contributed by atoms with Gasteiger partial charge >= 0.3 is 5.97 Å². The number of esters is 1. The van der Waals surface area contributed by atoms with E-state index in [1.807, 2.05) is 0 Å². The predicted molar refractivity (Wildman–Crippen MR) is 76.6 cm³/mol. The molecule has 0 aliphatic carbocycles. The standard InChI is InChI=1S/C13H13ClN4O2/c1-20-13(19)10-4-8(15)5-11(14)12(10)17-6-9-2-3-16-7-18-9/h2-5,7,17H,6,15H2,1H3. The summed E-state index contributed by atoms with van der Waals surface area (Å²) in [7, 11) is 1.30. The number of rotatable bonds is 4. The predicted octanol–water partition coefficient (Wildman–Crippen LogP) is 2.11. The molecule has 2 aromatic rings. The normalized spacial score (nSPS) is 10.1. The molecule has 1 heterocycles. The molecule has 1 aromatic heterocycles. The highest BCUT2D eigenvalue weighted by Crippen LogP contribution is 2.30. The number of hydrogen-bond acceptors (Lipinski definition) is 6. The van der Waals surface area contributed by atoms with E-state index in [-0.39, 0.29) is 5.56 Å². The van der Waals surface area contributed by atoms with Crippen LogP contribution in [0, 0.1) is 0 Å². The van der Waals surface area contributed by atoms with E-state index in [1.165, 1.54) is 19.5 Å². The fraction of sp³-hybridized carbons (Fsp3) is 0.154. The maximum atomic E-state index is 11.7. The number of anilines is 2. The molecular formula is C13H13ClN4O2. The summed E-state index contributed by atoms with van der Waals surface area (Å²) in [6.07, 6.45) is 3.08. The molecule has 0 aliphatic rings. The fourth-order valence-corrected chi connectivity index (χ4v) is 1.97. The molecule has 0 aliphatic heterocycles. The van der Waals surface area contributed by atoms with Gasteiger partial charge in [-0.15, -0.1) is 0 Å². The maximum absolute atomic E-state index is 11.7. The summed E-state index contributed by atoms with van der Waals surface area (Å²) >= 11 is 6.12. The van der Waals surface area contributed by atoms with Crippen LogP contribution in [-0.4, -0.2) is 23.0 Å². The zero-order chi connectivity index (χ0) is 14.5. The number of nitrogen functional groups attached to an aromatic ring is 1. The number of nitrogens with one attached hydrogen (secondary N) is 1. The molecule has 0 radical (unpaired) electrons. The van der Waals surface area contributed by atoms with E-state index in [4.69, 9.17) is 22.1 Å². The van der Waals surface area contributed by atoms with Crippen LogP contribution >= 0.6 is 11.6 Å². The Hall–Kier alpha value is -2.34. The van der Waals surface area contributed by atoms with Gasteiger partial charge in [-0.25, -0.2) is 14.8 Å². The van der Waals surface area contributed by atoms with Gasteiger partial charge < -0.3 is 15.8 Å². The van der Waals surface area contributed by atoms with Crippen molar-refractivity contribution in [3.8, 4) is 0 Å². The van der Waals surface area contributed by atoms with Gasteiger partial charge in [0, 0.05) is 11.9 Å². The summed E-state index contributed by atoms with van der Waals surface area (Å²) in [6.45, 7) is 0.399. The van der Waals surface area contributed by atoms with Crippen LogP contribution in [0.2, 0.25) is 5.02 Å². The smallest absolute Gasteiger partial charge is 0.340 e. The fourth-order valence-electron chi connectivity index (χ4n) is 1.68. The summed E-state index contributed by atoms with van der Waals surface area (Å²) in [4.78, 5) is 19.7. The van der Waals surface area contributed by atoms with Gasteiger partial charge in [0.15, 0.2) is 0 Å². The monoisotopic (exact) mass is 292 g/mol. The molecule has 20 heavy (non-hydrogen) atoms. The highest BCUT2D eigenvalue weighted by atomic mass is 35.5. The first-order valence-corrected chi connectivity index (χ1v) is 6.15. The van der Waals surface area contributed by atoms with Crippen molar-refractivity contribution in [3.63, 3.8) is 0 Å². The van der Waals surface area contributed by atoms with Gasteiger partial charge in [-0.2, -0.15) is 0 Å². The van der Waals surface area contributed by atoms with Gasteiger partial charge in [0.05, 0.1) is 35.6 Å². The first kappa shape index (κ1) is 14.1. The average molecular weight is 293 g/mol. The van der Waals surface area contributed by atoms with Crippen molar-refractivity contribution in [2.24, 2.45) is 0 Å². The van der Waals surface area contributed by atoms with E-state index in [9.17, 15) is 4.79 Å². The first-order valence-electron chi connectivity index (χ1n) is 5.78. The summed E-state index contributed by atoms with van der Waals surface area (Å²) in [6, 6.07) is 4.84. The van der Waals surface area contributed by atoms with Gasteiger partial charge in [-0.3, -0.25) is 0 Å². The third-order valence-electron chi connectivity index (χ3n) is 2.61. The lowest BCUT2D eigenvalue weighted by molar-refractivity contribution is 0.0602. The second-order valence-corrected chi connectivity index (χ2v) is 4.38. The Kier molecular flexibility index (Phi) is 4.37. The highest BCUT2D eigenvalue weighted by molar-refractivity contribution is 6.34. The lowest BCUT2D eigenvalue weighted by atomic mass is 10.1.